The summed E-state index contributed by atoms with van der Waals surface area (Å²) in [7, 11) is 1.51. The van der Waals surface area contributed by atoms with Gasteiger partial charge in [-0.3, -0.25) is 14.3 Å². The molecule has 140 valence electrons. The first-order valence-electron chi connectivity index (χ1n) is 8.35. The van der Waals surface area contributed by atoms with Crippen molar-refractivity contribution < 1.29 is 18.5 Å². The molecular weight excluding hydrogens is 362 g/mol. The van der Waals surface area contributed by atoms with Gasteiger partial charge >= 0.3 is 5.76 Å². The average Bonchev–Trinajstić information content (AvgIpc) is 3.31. The second-order valence-electron chi connectivity index (χ2n) is 5.82. The Balaban J connectivity index is 1.75. The molecule has 2 heterocycles. The molecule has 0 fully saturated rings. The Morgan fingerprint density at radius 1 is 1.18 bits per heavy atom. The van der Waals surface area contributed by atoms with Gasteiger partial charge in [0.1, 0.15) is 0 Å². The van der Waals surface area contributed by atoms with E-state index in [1.165, 1.54) is 13.2 Å². The number of H-pyrrole nitrogens is 1. The van der Waals surface area contributed by atoms with Crippen molar-refractivity contribution in [1.82, 2.24) is 10.1 Å². The van der Waals surface area contributed by atoms with Crippen molar-refractivity contribution in [2.45, 2.75) is 0 Å². The van der Waals surface area contributed by atoms with Gasteiger partial charge in [0.05, 0.1) is 12.8 Å². The van der Waals surface area contributed by atoms with Crippen LogP contribution in [0.3, 0.4) is 0 Å². The number of nitrogens with zero attached hydrogens (tertiary/aromatic N) is 1. The van der Waals surface area contributed by atoms with E-state index >= 15 is 0 Å². The molecule has 1 amide bonds. The minimum absolute atomic E-state index is 0.0607. The van der Waals surface area contributed by atoms with Gasteiger partial charge in [-0.2, -0.15) is 0 Å². The second kappa shape index (κ2) is 7.28. The maximum atomic E-state index is 12.5. The first-order chi connectivity index (χ1) is 13.7. The number of carbonyl (C=O) groups is 1. The van der Waals surface area contributed by atoms with Gasteiger partial charge in [-0.25, -0.2) is 4.79 Å². The van der Waals surface area contributed by atoms with E-state index in [0.717, 1.165) is 5.56 Å². The molecule has 0 aliphatic carbocycles. The summed E-state index contributed by atoms with van der Waals surface area (Å²) in [5, 5.41) is 7.03. The van der Waals surface area contributed by atoms with Crippen molar-refractivity contribution in [2.24, 2.45) is 0 Å². The van der Waals surface area contributed by atoms with E-state index in [1.54, 1.807) is 24.3 Å². The summed E-state index contributed by atoms with van der Waals surface area (Å²) in [5.74, 6) is -0.410. The molecule has 0 saturated heterocycles. The molecule has 2 N–H and O–H groups in total. The number of nitrogens with one attached hydrogen (secondary N) is 2. The lowest BCUT2D eigenvalue weighted by atomic mass is 10.2. The number of rotatable bonds is 5. The van der Waals surface area contributed by atoms with Gasteiger partial charge in [-0.15, -0.1) is 0 Å². The lowest BCUT2D eigenvalue weighted by Crippen LogP contribution is -2.08. The monoisotopic (exact) mass is 377 g/mol. The molecule has 0 unspecified atom stereocenters. The summed E-state index contributed by atoms with van der Waals surface area (Å²) in [6.07, 6.45) is 3.10. The van der Waals surface area contributed by atoms with Crippen molar-refractivity contribution in [3.05, 3.63) is 70.7 Å². The molecule has 0 saturated carbocycles. The summed E-state index contributed by atoms with van der Waals surface area (Å²) in [6.45, 7) is 0. The summed E-state index contributed by atoms with van der Waals surface area (Å²) in [5.41, 5.74) is 1.64. The first kappa shape index (κ1) is 17.3. The van der Waals surface area contributed by atoms with Crippen LogP contribution in [-0.2, 0) is 4.79 Å². The summed E-state index contributed by atoms with van der Waals surface area (Å²) in [6, 6.07) is 14.7. The predicted molar refractivity (Wildman–Crippen MR) is 103 cm³/mol. The molecule has 0 spiro atoms. The smallest absolute Gasteiger partial charge is 0.439 e. The number of benzene rings is 2. The van der Waals surface area contributed by atoms with Crippen LogP contribution in [-0.4, -0.2) is 23.2 Å². The lowest BCUT2D eigenvalue weighted by Gasteiger charge is -2.02. The number of fused-ring (bicyclic) bond motifs is 1. The van der Waals surface area contributed by atoms with Crippen LogP contribution in [0.4, 0.5) is 5.69 Å². The maximum Gasteiger partial charge on any atom is 0.439 e. The largest absolute Gasteiger partial charge is 0.493 e. The zero-order chi connectivity index (χ0) is 19.5. The molecule has 28 heavy (non-hydrogen) atoms. The zero-order valence-corrected chi connectivity index (χ0v) is 14.8. The summed E-state index contributed by atoms with van der Waals surface area (Å²) >= 11 is 0. The quantitative estimate of drug-likeness (QED) is 0.516. The molecule has 0 aliphatic rings. The highest BCUT2D eigenvalue weighted by Crippen LogP contribution is 2.40. The molecule has 0 atom stereocenters. The lowest BCUT2D eigenvalue weighted by molar-refractivity contribution is -0.111. The number of furan rings is 1. The minimum atomic E-state index is -0.733. The molecular formula is C20H15N3O5. The normalized spacial score (nSPS) is 11.2. The molecule has 0 aliphatic heterocycles. The van der Waals surface area contributed by atoms with Crippen molar-refractivity contribution in [3.8, 4) is 17.3 Å². The topological polar surface area (TPSA) is 110 Å². The number of anilines is 1. The van der Waals surface area contributed by atoms with Crippen LogP contribution in [0, 0.1) is 0 Å². The highest BCUT2D eigenvalue weighted by molar-refractivity contribution is 6.11. The highest BCUT2D eigenvalue weighted by Gasteiger charge is 2.22. The zero-order valence-electron chi connectivity index (χ0n) is 14.8. The third kappa shape index (κ3) is 3.30. The fourth-order valence-corrected chi connectivity index (χ4v) is 2.77. The van der Waals surface area contributed by atoms with Crippen LogP contribution in [0.1, 0.15) is 5.56 Å². The molecule has 8 nitrogen and oxygen atoms in total. The van der Waals surface area contributed by atoms with Crippen LogP contribution in [0.5, 0.6) is 5.75 Å². The molecule has 4 aromatic rings. The number of aromatic nitrogens is 2. The number of aromatic amines is 1. The number of methoxy groups -OCH3 is 1. The summed E-state index contributed by atoms with van der Waals surface area (Å²) in [4.78, 5) is 26.3. The number of carbonyl (C=O) groups excluding carboxylic acids is 1. The van der Waals surface area contributed by atoms with E-state index in [-0.39, 0.29) is 17.5 Å². The van der Waals surface area contributed by atoms with Gasteiger partial charge < -0.3 is 14.5 Å². The number of ether oxygens (including phenoxy) is 1. The van der Waals surface area contributed by atoms with Crippen molar-refractivity contribution in [2.75, 3.05) is 12.4 Å². The van der Waals surface area contributed by atoms with Crippen molar-refractivity contribution in [3.63, 3.8) is 0 Å². The predicted octanol–water partition coefficient (Wildman–Crippen LogP) is 3.44. The number of para-hydroxylation sites is 1. The molecule has 8 heteroatoms. The molecule has 4 rings (SSSR count). The van der Waals surface area contributed by atoms with Gasteiger partial charge in [0, 0.05) is 11.5 Å². The van der Waals surface area contributed by atoms with Crippen molar-refractivity contribution in [1.29, 1.82) is 0 Å². The van der Waals surface area contributed by atoms with Crippen LogP contribution < -0.4 is 15.8 Å². The third-order valence-corrected chi connectivity index (χ3v) is 4.03. The highest BCUT2D eigenvalue weighted by atomic mass is 16.5. The fourth-order valence-electron chi connectivity index (χ4n) is 2.77. The van der Waals surface area contributed by atoms with Gasteiger partial charge in [-0.05, 0) is 23.8 Å². The van der Waals surface area contributed by atoms with E-state index in [4.69, 9.17) is 9.15 Å². The van der Waals surface area contributed by atoms with E-state index < -0.39 is 5.76 Å². The van der Waals surface area contributed by atoms with Gasteiger partial charge in [0.2, 0.25) is 11.7 Å². The SMILES string of the molecule is COc1cccc2c(NC(=O)/C=C/c3ccccc3)c(-c3noc(=O)[nH]3)oc12. The van der Waals surface area contributed by atoms with Gasteiger partial charge in [0.15, 0.2) is 17.1 Å². The summed E-state index contributed by atoms with van der Waals surface area (Å²) < 4.78 is 15.7. The standard InChI is InChI=1S/C20H15N3O5/c1-26-14-9-5-8-13-16(18(27-17(13)14)19-22-20(25)28-23-19)21-15(24)11-10-12-6-3-2-4-7-12/h2-11H,1H3,(H,21,24)(H,22,23,25)/b11-10+. The Morgan fingerprint density at radius 3 is 2.71 bits per heavy atom. The maximum absolute atomic E-state index is 12.5. The molecule has 2 aromatic heterocycles. The Labute approximate surface area is 158 Å². The van der Waals surface area contributed by atoms with E-state index in [2.05, 4.69) is 20.0 Å². The minimum Gasteiger partial charge on any atom is -0.493 e. The van der Waals surface area contributed by atoms with E-state index in [0.29, 0.717) is 22.4 Å². The van der Waals surface area contributed by atoms with E-state index in [9.17, 15) is 9.59 Å². The number of amides is 1. The Bertz CT molecular complexity index is 1220. The van der Waals surface area contributed by atoms with Crippen LogP contribution in [0.2, 0.25) is 0 Å². The number of hydrogen-bond acceptors (Lipinski definition) is 6. The van der Waals surface area contributed by atoms with Crippen molar-refractivity contribution >= 4 is 28.6 Å². The molecule has 0 radical (unpaired) electrons. The molecule has 0 bridgehead atoms. The third-order valence-electron chi connectivity index (χ3n) is 4.03. The van der Waals surface area contributed by atoms with Gasteiger partial charge in [0.25, 0.3) is 0 Å². The first-order valence-corrected chi connectivity index (χ1v) is 8.35. The van der Waals surface area contributed by atoms with E-state index in [1.807, 2.05) is 30.3 Å². The number of hydrogen-bond donors (Lipinski definition) is 2. The Morgan fingerprint density at radius 2 is 2.00 bits per heavy atom. The average molecular weight is 377 g/mol. The second-order valence-corrected chi connectivity index (χ2v) is 5.82. The Kier molecular flexibility index (Phi) is 4.51. The van der Waals surface area contributed by atoms with Crippen LogP contribution in [0.25, 0.3) is 28.6 Å². The molecule has 2 aromatic carbocycles. The van der Waals surface area contributed by atoms with Crippen LogP contribution >= 0.6 is 0 Å². The Hall–Kier alpha value is -4.07. The fraction of sp³-hybridized carbons (Fsp3) is 0.0500. The van der Waals surface area contributed by atoms with Crippen LogP contribution in [0.15, 0.2) is 68.3 Å². The van der Waals surface area contributed by atoms with Gasteiger partial charge in [-0.1, -0.05) is 41.6 Å².